The van der Waals surface area contributed by atoms with E-state index in [2.05, 4.69) is 25.9 Å². The third-order valence-corrected chi connectivity index (χ3v) is 5.38. The van der Waals surface area contributed by atoms with E-state index in [0.29, 0.717) is 11.3 Å². The van der Waals surface area contributed by atoms with E-state index in [1.807, 2.05) is 24.3 Å². The molecule has 0 saturated carbocycles. The van der Waals surface area contributed by atoms with Gasteiger partial charge < -0.3 is 14.2 Å². The summed E-state index contributed by atoms with van der Waals surface area (Å²) in [5.41, 5.74) is 2.16. The van der Waals surface area contributed by atoms with Crippen LogP contribution in [0.1, 0.15) is 54.1 Å². The zero-order chi connectivity index (χ0) is 23.5. The molecule has 0 fully saturated rings. The average molecular weight is 437 g/mol. The molecule has 1 N–H and O–H groups in total. The highest BCUT2D eigenvalue weighted by Crippen LogP contribution is 2.27. The first kappa shape index (κ1) is 23.1. The molecule has 0 saturated heterocycles. The number of benzene rings is 2. The molecule has 32 heavy (non-hydrogen) atoms. The quantitative estimate of drug-likeness (QED) is 0.606. The Kier molecular flexibility index (Phi) is 6.67. The maximum atomic E-state index is 13.4. The summed E-state index contributed by atoms with van der Waals surface area (Å²) in [6.45, 7) is 6.40. The molecule has 1 amide bonds. The maximum Gasteiger partial charge on any atom is 0.293 e. The van der Waals surface area contributed by atoms with Crippen LogP contribution >= 0.6 is 0 Å². The molecule has 0 aliphatic rings. The van der Waals surface area contributed by atoms with Gasteiger partial charge in [0.05, 0.1) is 13.2 Å². The van der Waals surface area contributed by atoms with Gasteiger partial charge in [0, 0.05) is 13.5 Å². The molecule has 168 valence electrons. The molecule has 1 heterocycles. The van der Waals surface area contributed by atoms with Crippen molar-refractivity contribution in [1.82, 2.24) is 10.1 Å². The first-order valence-corrected chi connectivity index (χ1v) is 10.3. The monoisotopic (exact) mass is 436 g/mol. The van der Waals surface area contributed by atoms with Crippen LogP contribution in [0.5, 0.6) is 5.75 Å². The van der Waals surface area contributed by atoms with E-state index in [1.54, 1.807) is 31.4 Å². The molecule has 0 bridgehead atoms. The molecule has 1 atom stereocenters. The van der Waals surface area contributed by atoms with Crippen molar-refractivity contribution in [3.63, 3.8) is 0 Å². The summed E-state index contributed by atoms with van der Waals surface area (Å²) < 4.78 is 10.2. The molecule has 7 nitrogen and oxygen atoms in total. The van der Waals surface area contributed by atoms with Crippen molar-refractivity contribution >= 4 is 11.7 Å². The minimum Gasteiger partial charge on any atom is -0.497 e. The highest BCUT2D eigenvalue weighted by molar-refractivity contribution is 5.96. The van der Waals surface area contributed by atoms with E-state index in [1.165, 1.54) is 17.5 Å². The summed E-state index contributed by atoms with van der Waals surface area (Å²) in [7, 11) is 3.08. The van der Waals surface area contributed by atoms with E-state index >= 15 is 0 Å². The number of H-pyrrole nitrogens is 1. The number of nitrogens with zero attached hydrogens (tertiary/aromatic N) is 1. The lowest BCUT2D eigenvalue weighted by atomic mass is 9.86. The Hall–Kier alpha value is -3.61. The average Bonchev–Trinajstić information content (AvgIpc) is 3.19. The van der Waals surface area contributed by atoms with Crippen molar-refractivity contribution < 1.29 is 18.8 Å². The summed E-state index contributed by atoms with van der Waals surface area (Å²) in [5, 5.41) is 2.11. The van der Waals surface area contributed by atoms with Crippen molar-refractivity contribution in [2.24, 2.45) is 0 Å². The number of rotatable bonds is 7. The minimum absolute atomic E-state index is 0.0152. The van der Waals surface area contributed by atoms with Gasteiger partial charge in [0.2, 0.25) is 5.76 Å². The zero-order valence-electron chi connectivity index (χ0n) is 19.0. The SMILES string of the molecule is COc1ccc(C(C(=O)Cc2ccc(C(C)(C)C)cc2)N(C)C(=O)c2cc(=O)[nH]o2)cc1. The second kappa shape index (κ2) is 9.26. The summed E-state index contributed by atoms with van der Waals surface area (Å²) in [6.07, 6.45) is 0.149. The number of carbonyl (C=O) groups excluding carboxylic acids is 2. The minimum atomic E-state index is -0.865. The van der Waals surface area contributed by atoms with E-state index < -0.39 is 17.5 Å². The fraction of sp³-hybridized carbons (Fsp3) is 0.320. The zero-order valence-corrected chi connectivity index (χ0v) is 19.0. The largest absolute Gasteiger partial charge is 0.497 e. The highest BCUT2D eigenvalue weighted by Gasteiger charge is 2.31. The molecule has 0 radical (unpaired) electrons. The molecule has 0 aliphatic heterocycles. The summed E-state index contributed by atoms with van der Waals surface area (Å²) in [5.74, 6) is -0.241. The van der Waals surface area contributed by atoms with E-state index in [4.69, 9.17) is 9.26 Å². The van der Waals surface area contributed by atoms with Crippen molar-refractivity contribution in [2.45, 2.75) is 38.6 Å². The molecular formula is C25H28N2O5. The standard InChI is InChI=1S/C25H28N2O5/c1-25(2,3)18-10-6-16(7-11-18)14-20(28)23(17-8-12-19(31-5)13-9-17)27(4)24(30)21-15-22(29)26-32-21/h6-13,15,23H,14H2,1-5H3,(H,26,29). The van der Waals surface area contributed by atoms with Crippen LogP contribution in [-0.4, -0.2) is 35.9 Å². The van der Waals surface area contributed by atoms with Crippen LogP contribution in [0.4, 0.5) is 0 Å². The van der Waals surface area contributed by atoms with Gasteiger partial charge in [-0.1, -0.05) is 57.2 Å². The molecule has 0 aliphatic carbocycles. The number of amides is 1. The lowest BCUT2D eigenvalue weighted by Crippen LogP contribution is -2.36. The number of aromatic amines is 1. The smallest absolute Gasteiger partial charge is 0.293 e. The fourth-order valence-electron chi connectivity index (χ4n) is 3.51. The van der Waals surface area contributed by atoms with Gasteiger partial charge in [-0.15, -0.1) is 0 Å². The molecule has 1 unspecified atom stereocenters. The molecule has 7 heteroatoms. The van der Waals surface area contributed by atoms with Gasteiger partial charge in [-0.3, -0.25) is 14.4 Å². The van der Waals surface area contributed by atoms with Crippen LogP contribution in [0.3, 0.4) is 0 Å². The Labute approximate surface area is 187 Å². The first-order valence-electron chi connectivity index (χ1n) is 10.3. The number of hydrogen-bond acceptors (Lipinski definition) is 5. The Morgan fingerprint density at radius 1 is 1.06 bits per heavy atom. The summed E-state index contributed by atoms with van der Waals surface area (Å²) in [4.78, 5) is 39.0. The van der Waals surface area contributed by atoms with E-state index in [0.717, 1.165) is 11.6 Å². The number of methoxy groups -OCH3 is 1. The number of ketones is 1. The fourth-order valence-corrected chi connectivity index (χ4v) is 3.51. The molecular weight excluding hydrogens is 408 g/mol. The number of hydrogen-bond donors (Lipinski definition) is 1. The van der Waals surface area contributed by atoms with Crippen molar-refractivity contribution in [1.29, 1.82) is 0 Å². The van der Waals surface area contributed by atoms with Crippen LogP contribution < -0.4 is 10.3 Å². The van der Waals surface area contributed by atoms with Gasteiger partial charge in [0.25, 0.3) is 11.5 Å². The van der Waals surface area contributed by atoms with Gasteiger partial charge in [0.1, 0.15) is 11.8 Å². The van der Waals surface area contributed by atoms with Crippen LogP contribution in [0.15, 0.2) is 63.9 Å². The molecule has 0 spiro atoms. The van der Waals surface area contributed by atoms with Gasteiger partial charge in [-0.2, -0.15) is 5.16 Å². The van der Waals surface area contributed by atoms with Crippen molar-refractivity contribution in [2.75, 3.05) is 14.2 Å². The highest BCUT2D eigenvalue weighted by atomic mass is 16.5. The molecule has 1 aromatic heterocycles. The first-order chi connectivity index (χ1) is 15.1. The van der Waals surface area contributed by atoms with E-state index in [-0.39, 0.29) is 23.4 Å². The van der Waals surface area contributed by atoms with Crippen LogP contribution in [0, 0.1) is 0 Å². The van der Waals surface area contributed by atoms with Crippen molar-refractivity contribution in [3.8, 4) is 5.75 Å². The normalized spacial score (nSPS) is 12.3. The predicted octanol–water partition coefficient (Wildman–Crippen LogP) is 3.90. The van der Waals surface area contributed by atoms with Gasteiger partial charge >= 0.3 is 0 Å². The van der Waals surface area contributed by atoms with E-state index in [9.17, 15) is 14.4 Å². The third kappa shape index (κ3) is 5.17. The van der Waals surface area contributed by atoms with Crippen LogP contribution in [0.2, 0.25) is 0 Å². The summed E-state index contributed by atoms with van der Waals surface area (Å²) in [6, 6.07) is 15.1. The predicted molar refractivity (Wildman–Crippen MR) is 121 cm³/mol. The number of carbonyl (C=O) groups is 2. The van der Waals surface area contributed by atoms with Crippen LogP contribution in [0.25, 0.3) is 0 Å². The Bertz CT molecular complexity index is 1130. The summed E-state index contributed by atoms with van der Waals surface area (Å²) >= 11 is 0. The van der Waals surface area contributed by atoms with Crippen LogP contribution in [-0.2, 0) is 16.6 Å². The Morgan fingerprint density at radius 3 is 2.19 bits per heavy atom. The Morgan fingerprint density at radius 2 is 1.69 bits per heavy atom. The van der Waals surface area contributed by atoms with Gasteiger partial charge in [-0.25, -0.2) is 0 Å². The lowest BCUT2D eigenvalue weighted by Gasteiger charge is -2.27. The molecule has 2 aromatic carbocycles. The molecule has 3 aromatic rings. The number of aromatic nitrogens is 1. The van der Waals surface area contributed by atoms with Gasteiger partial charge in [-0.05, 0) is 34.2 Å². The maximum absolute atomic E-state index is 13.4. The second-order valence-corrected chi connectivity index (χ2v) is 8.76. The Balaban J connectivity index is 1.91. The number of ether oxygens (including phenoxy) is 1. The second-order valence-electron chi connectivity index (χ2n) is 8.76. The van der Waals surface area contributed by atoms with Gasteiger partial charge in [0.15, 0.2) is 5.78 Å². The lowest BCUT2D eigenvalue weighted by molar-refractivity contribution is -0.122. The van der Waals surface area contributed by atoms with Crippen molar-refractivity contribution in [3.05, 3.63) is 87.4 Å². The number of Topliss-reactive ketones (excluding diaryl/α,β-unsaturated/α-hetero) is 1. The number of likely N-dealkylation sites (N-methyl/N-ethyl adjacent to an activating group) is 1. The molecule has 3 rings (SSSR count). The third-order valence-electron chi connectivity index (χ3n) is 5.38. The number of nitrogens with one attached hydrogen (secondary N) is 1. The topological polar surface area (TPSA) is 92.6 Å².